The van der Waals surface area contributed by atoms with E-state index in [1.807, 2.05) is 36.4 Å². The lowest BCUT2D eigenvalue weighted by atomic mass is 9.84. The van der Waals surface area contributed by atoms with Gasteiger partial charge in [0.1, 0.15) is 0 Å². The van der Waals surface area contributed by atoms with Crippen LogP contribution in [0.15, 0.2) is 53.0 Å². The molecule has 1 amide bonds. The van der Waals surface area contributed by atoms with Crippen LogP contribution in [0, 0.1) is 0 Å². The molecule has 0 atom stereocenters. The summed E-state index contributed by atoms with van der Waals surface area (Å²) in [5.74, 6) is 0.620. The van der Waals surface area contributed by atoms with Crippen molar-refractivity contribution in [2.75, 3.05) is 5.32 Å². The molecule has 1 fully saturated rings. The highest BCUT2D eigenvalue weighted by atomic mass is 79.9. The van der Waals surface area contributed by atoms with Gasteiger partial charge in [-0.05, 0) is 60.7 Å². The molecule has 3 heteroatoms. The summed E-state index contributed by atoms with van der Waals surface area (Å²) < 4.78 is 1.00. The minimum atomic E-state index is -0.0579. The van der Waals surface area contributed by atoms with Gasteiger partial charge in [0.15, 0.2) is 0 Å². The van der Waals surface area contributed by atoms with E-state index in [0.717, 1.165) is 10.2 Å². The maximum Gasteiger partial charge on any atom is 0.255 e. The van der Waals surface area contributed by atoms with Crippen molar-refractivity contribution >= 4 is 27.5 Å². The fraction of sp³-hybridized carbons (Fsp3) is 0.316. The number of rotatable bonds is 3. The molecule has 0 unspecified atom stereocenters. The van der Waals surface area contributed by atoms with Crippen molar-refractivity contribution < 1.29 is 4.79 Å². The van der Waals surface area contributed by atoms with E-state index in [-0.39, 0.29) is 5.91 Å². The summed E-state index contributed by atoms with van der Waals surface area (Å²) in [7, 11) is 0. The van der Waals surface area contributed by atoms with Crippen LogP contribution in [0.2, 0.25) is 0 Å². The Balaban J connectivity index is 1.66. The van der Waals surface area contributed by atoms with Crippen LogP contribution in [-0.2, 0) is 0 Å². The number of hydrogen-bond donors (Lipinski definition) is 1. The van der Waals surface area contributed by atoms with E-state index in [4.69, 9.17) is 0 Å². The van der Waals surface area contributed by atoms with Crippen LogP contribution in [0.4, 0.5) is 5.69 Å². The molecule has 2 aromatic rings. The average Bonchev–Trinajstić information content (AvgIpc) is 2.58. The van der Waals surface area contributed by atoms with Gasteiger partial charge in [-0.15, -0.1) is 0 Å². The van der Waals surface area contributed by atoms with Crippen molar-refractivity contribution in [3.8, 4) is 0 Å². The van der Waals surface area contributed by atoms with Gasteiger partial charge in [0.05, 0.1) is 0 Å². The fourth-order valence-corrected chi connectivity index (χ4v) is 3.34. The molecular weight excluding hydrogens is 338 g/mol. The average molecular weight is 358 g/mol. The molecule has 0 saturated heterocycles. The van der Waals surface area contributed by atoms with Gasteiger partial charge in [0.25, 0.3) is 5.91 Å². The maximum atomic E-state index is 12.3. The van der Waals surface area contributed by atoms with Crippen molar-refractivity contribution in [1.82, 2.24) is 0 Å². The van der Waals surface area contributed by atoms with Gasteiger partial charge in [0.2, 0.25) is 0 Å². The van der Waals surface area contributed by atoms with E-state index < -0.39 is 0 Å². The molecule has 0 heterocycles. The first-order valence-electron chi connectivity index (χ1n) is 7.89. The minimum absolute atomic E-state index is 0.0579. The zero-order valence-electron chi connectivity index (χ0n) is 12.5. The molecule has 3 rings (SSSR count). The summed E-state index contributed by atoms with van der Waals surface area (Å²) in [4.78, 5) is 12.3. The van der Waals surface area contributed by atoms with Gasteiger partial charge < -0.3 is 5.32 Å². The molecule has 114 valence electrons. The Morgan fingerprint density at radius 3 is 2.18 bits per heavy atom. The fourth-order valence-electron chi connectivity index (χ4n) is 3.08. The topological polar surface area (TPSA) is 29.1 Å². The van der Waals surface area contributed by atoms with Crippen molar-refractivity contribution in [2.24, 2.45) is 0 Å². The molecule has 0 aromatic heterocycles. The number of benzene rings is 2. The summed E-state index contributed by atoms with van der Waals surface area (Å²) in [6.45, 7) is 0. The van der Waals surface area contributed by atoms with E-state index in [1.54, 1.807) is 0 Å². The predicted octanol–water partition coefficient (Wildman–Crippen LogP) is 5.75. The first-order valence-corrected chi connectivity index (χ1v) is 8.68. The standard InChI is InChI=1S/C19H20BrNO/c20-17-10-12-18(13-11-17)21-19(22)16-8-6-15(7-9-16)14-4-2-1-3-5-14/h6-14H,1-5H2,(H,21,22). The van der Waals surface area contributed by atoms with Crippen LogP contribution < -0.4 is 5.32 Å². The summed E-state index contributed by atoms with van der Waals surface area (Å²) in [6.07, 6.45) is 6.59. The van der Waals surface area contributed by atoms with E-state index in [0.29, 0.717) is 11.5 Å². The van der Waals surface area contributed by atoms with Crippen LogP contribution in [0.1, 0.15) is 53.9 Å². The van der Waals surface area contributed by atoms with Gasteiger partial charge >= 0.3 is 0 Å². The monoisotopic (exact) mass is 357 g/mol. The van der Waals surface area contributed by atoms with Gasteiger partial charge in [0, 0.05) is 15.7 Å². The second-order valence-corrected chi connectivity index (χ2v) is 6.83. The minimum Gasteiger partial charge on any atom is -0.322 e. The second kappa shape index (κ2) is 7.10. The number of hydrogen-bond acceptors (Lipinski definition) is 1. The third kappa shape index (κ3) is 3.77. The first kappa shape index (κ1) is 15.3. The lowest BCUT2D eigenvalue weighted by Gasteiger charge is -2.22. The smallest absolute Gasteiger partial charge is 0.255 e. The lowest BCUT2D eigenvalue weighted by molar-refractivity contribution is 0.102. The number of halogens is 1. The Morgan fingerprint density at radius 2 is 1.55 bits per heavy atom. The van der Waals surface area contributed by atoms with Crippen molar-refractivity contribution in [2.45, 2.75) is 38.0 Å². The molecule has 0 bridgehead atoms. The summed E-state index contributed by atoms with van der Waals surface area (Å²) in [5.41, 5.74) is 2.90. The molecular formula is C19H20BrNO. The highest BCUT2D eigenvalue weighted by Crippen LogP contribution is 2.32. The largest absolute Gasteiger partial charge is 0.322 e. The van der Waals surface area contributed by atoms with E-state index >= 15 is 0 Å². The number of anilines is 1. The molecule has 1 saturated carbocycles. The number of carbonyl (C=O) groups excluding carboxylic acids is 1. The van der Waals surface area contributed by atoms with Crippen molar-refractivity contribution in [1.29, 1.82) is 0 Å². The third-order valence-electron chi connectivity index (χ3n) is 4.35. The van der Waals surface area contributed by atoms with Gasteiger partial charge in [-0.25, -0.2) is 0 Å². The quantitative estimate of drug-likeness (QED) is 0.744. The third-order valence-corrected chi connectivity index (χ3v) is 4.88. The molecule has 2 nitrogen and oxygen atoms in total. The van der Waals surface area contributed by atoms with Crippen LogP contribution >= 0.6 is 15.9 Å². The Bertz CT molecular complexity index is 627. The van der Waals surface area contributed by atoms with Crippen LogP contribution in [0.25, 0.3) is 0 Å². The molecule has 0 spiro atoms. The summed E-state index contributed by atoms with van der Waals surface area (Å²) >= 11 is 3.39. The molecule has 0 aliphatic heterocycles. The second-order valence-electron chi connectivity index (χ2n) is 5.92. The molecule has 1 aliphatic carbocycles. The zero-order valence-corrected chi connectivity index (χ0v) is 14.1. The zero-order chi connectivity index (χ0) is 15.4. The van der Waals surface area contributed by atoms with Crippen LogP contribution in [0.3, 0.4) is 0 Å². The van der Waals surface area contributed by atoms with E-state index in [2.05, 4.69) is 33.4 Å². The highest BCUT2D eigenvalue weighted by Gasteiger charge is 2.15. The Morgan fingerprint density at radius 1 is 0.909 bits per heavy atom. The van der Waals surface area contributed by atoms with Crippen LogP contribution in [0.5, 0.6) is 0 Å². The SMILES string of the molecule is O=C(Nc1ccc(Br)cc1)c1ccc(C2CCCCC2)cc1. The summed E-state index contributed by atoms with van der Waals surface area (Å²) in [5, 5.41) is 2.92. The first-order chi connectivity index (χ1) is 10.7. The van der Waals surface area contributed by atoms with Gasteiger partial charge in [-0.2, -0.15) is 0 Å². The molecule has 1 N–H and O–H groups in total. The van der Waals surface area contributed by atoms with E-state index in [9.17, 15) is 4.79 Å². The Hall–Kier alpha value is -1.61. The summed E-state index contributed by atoms with van der Waals surface area (Å²) in [6, 6.07) is 15.7. The normalized spacial score (nSPS) is 15.5. The Labute approximate surface area is 140 Å². The Kier molecular flexibility index (Phi) is 4.94. The van der Waals surface area contributed by atoms with Crippen LogP contribution in [-0.4, -0.2) is 5.91 Å². The van der Waals surface area contributed by atoms with E-state index in [1.165, 1.54) is 37.7 Å². The lowest BCUT2D eigenvalue weighted by Crippen LogP contribution is -2.12. The number of amides is 1. The molecule has 1 aliphatic rings. The predicted molar refractivity (Wildman–Crippen MR) is 94.4 cm³/mol. The van der Waals surface area contributed by atoms with Gasteiger partial charge in [-0.3, -0.25) is 4.79 Å². The molecule has 2 aromatic carbocycles. The van der Waals surface area contributed by atoms with Crippen molar-refractivity contribution in [3.63, 3.8) is 0 Å². The van der Waals surface area contributed by atoms with Crippen molar-refractivity contribution in [3.05, 3.63) is 64.1 Å². The number of carbonyl (C=O) groups is 1. The highest BCUT2D eigenvalue weighted by molar-refractivity contribution is 9.10. The maximum absolute atomic E-state index is 12.3. The van der Waals surface area contributed by atoms with Gasteiger partial charge in [-0.1, -0.05) is 47.3 Å². The molecule has 22 heavy (non-hydrogen) atoms. The number of nitrogens with one attached hydrogen (secondary N) is 1. The molecule has 0 radical (unpaired) electrons.